The lowest BCUT2D eigenvalue weighted by molar-refractivity contribution is -0.139. The maximum atomic E-state index is 12.7. The summed E-state index contributed by atoms with van der Waals surface area (Å²) in [6.07, 6.45) is 0. The Morgan fingerprint density at radius 1 is 1.11 bits per heavy atom. The lowest BCUT2D eigenvalue weighted by Crippen LogP contribution is -2.42. The minimum absolute atomic E-state index is 0.0514. The molecule has 0 aliphatic heterocycles. The number of alkyl halides is 1. The summed E-state index contributed by atoms with van der Waals surface area (Å²) in [5, 5.41) is 11.0. The van der Waals surface area contributed by atoms with E-state index in [1.165, 1.54) is 26.4 Å². The molecule has 0 spiro atoms. The van der Waals surface area contributed by atoms with Gasteiger partial charge in [-0.25, -0.2) is 9.18 Å². The van der Waals surface area contributed by atoms with E-state index in [-0.39, 0.29) is 23.7 Å². The summed E-state index contributed by atoms with van der Waals surface area (Å²) in [4.78, 5) is 23.1. The third-order valence-corrected chi connectivity index (χ3v) is 3.71. The van der Waals surface area contributed by atoms with Gasteiger partial charge in [0.15, 0.2) is 17.5 Å². The summed E-state index contributed by atoms with van der Waals surface area (Å²) < 4.78 is 29.1. The summed E-state index contributed by atoms with van der Waals surface area (Å²) in [6.45, 7) is -0.977. The van der Waals surface area contributed by atoms with Gasteiger partial charge in [0.05, 0.1) is 14.2 Å². The molecular formula is C19H20FNO6. The van der Waals surface area contributed by atoms with Crippen LogP contribution < -0.4 is 19.5 Å². The summed E-state index contributed by atoms with van der Waals surface area (Å²) in [5.41, 5.74) is 0.978. The van der Waals surface area contributed by atoms with E-state index in [9.17, 15) is 14.0 Å². The van der Waals surface area contributed by atoms with Crippen molar-refractivity contribution in [2.24, 2.45) is 0 Å². The molecule has 8 heteroatoms. The van der Waals surface area contributed by atoms with Gasteiger partial charge >= 0.3 is 5.97 Å². The second-order valence-corrected chi connectivity index (χ2v) is 5.50. The molecule has 7 nitrogen and oxygen atoms in total. The van der Waals surface area contributed by atoms with Crippen LogP contribution in [0.5, 0.6) is 17.2 Å². The van der Waals surface area contributed by atoms with Gasteiger partial charge in [-0.3, -0.25) is 4.79 Å². The van der Waals surface area contributed by atoms with E-state index in [0.29, 0.717) is 5.75 Å². The minimum Gasteiger partial charge on any atom is -0.493 e. The molecule has 1 amide bonds. The molecule has 0 bridgehead atoms. The highest BCUT2D eigenvalue weighted by Gasteiger charge is 2.23. The van der Waals surface area contributed by atoms with Crippen LogP contribution in [-0.4, -0.2) is 43.9 Å². The van der Waals surface area contributed by atoms with Crippen molar-refractivity contribution in [3.8, 4) is 17.2 Å². The van der Waals surface area contributed by atoms with Crippen LogP contribution in [0.4, 0.5) is 4.39 Å². The highest BCUT2D eigenvalue weighted by atomic mass is 19.1. The molecule has 2 rings (SSSR count). The van der Waals surface area contributed by atoms with Gasteiger partial charge in [0.2, 0.25) is 5.75 Å². The predicted octanol–water partition coefficient (Wildman–Crippen LogP) is 2.44. The maximum Gasteiger partial charge on any atom is 0.328 e. The molecule has 0 saturated heterocycles. The van der Waals surface area contributed by atoms with Crippen LogP contribution in [0.15, 0.2) is 42.5 Å². The third-order valence-electron chi connectivity index (χ3n) is 3.71. The van der Waals surface area contributed by atoms with Crippen LogP contribution in [0.2, 0.25) is 0 Å². The predicted molar refractivity (Wildman–Crippen MR) is 95.2 cm³/mol. The fourth-order valence-electron chi connectivity index (χ4n) is 2.29. The molecule has 0 saturated carbocycles. The molecule has 2 N–H and O–H groups in total. The van der Waals surface area contributed by atoms with Crippen molar-refractivity contribution in [1.29, 1.82) is 0 Å². The zero-order valence-corrected chi connectivity index (χ0v) is 14.9. The summed E-state index contributed by atoms with van der Waals surface area (Å²) >= 11 is 0. The molecule has 0 aliphatic carbocycles. The Morgan fingerprint density at radius 2 is 1.70 bits per heavy atom. The lowest BCUT2D eigenvalue weighted by atomic mass is 10.1. The molecule has 0 aromatic heterocycles. The number of carbonyl (C=O) groups excluding carboxylic acids is 1. The van der Waals surface area contributed by atoms with Crippen molar-refractivity contribution in [1.82, 2.24) is 5.32 Å². The first-order chi connectivity index (χ1) is 13.0. The van der Waals surface area contributed by atoms with Gasteiger partial charge in [-0.05, 0) is 17.7 Å². The van der Waals surface area contributed by atoms with Gasteiger partial charge in [-0.1, -0.05) is 30.3 Å². The lowest BCUT2D eigenvalue weighted by Gasteiger charge is -2.17. The Bertz CT molecular complexity index is 771. The largest absolute Gasteiger partial charge is 0.493 e. The number of aliphatic carboxylic acids is 1. The number of nitrogens with one attached hydrogen (secondary N) is 1. The number of hydrogen-bond acceptors (Lipinski definition) is 5. The van der Waals surface area contributed by atoms with Crippen molar-refractivity contribution in [3.63, 3.8) is 0 Å². The molecule has 1 unspecified atom stereocenters. The van der Waals surface area contributed by atoms with E-state index < -0.39 is 24.6 Å². The van der Waals surface area contributed by atoms with Crippen LogP contribution in [0.25, 0.3) is 0 Å². The van der Waals surface area contributed by atoms with Gasteiger partial charge in [0.1, 0.15) is 13.3 Å². The van der Waals surface area contributed by atoms with Crippen molar-refractivity contribution >= 4 is 11.9 Å². The van der Waals surface area contributed by atoms with E-state index in [1.54, 1.807) is 0 Å². The molecule has 0 aliphatic rings. The van der Waals surface area contributed by atoms with E-state index in [4.69, 9.17) is 19.3 Å². The van der Waals surface area contributed by atoms with E-state index in [1.807, 2.05) is 30.3 Å². The molecule has 2 aromatic carbocycles. The normalized spacial score (nSPS) is 11.4. The van der Waals surface area contributed by atoms with Crippen molar-refractivity contribution < 1.29 is 33.3 Å². The number of carboxylic acid groups (broad SMARTS) is 1. The van der Waals surface area contributed by atoms with Gasteiger partial charge in [-0.15, -0.1) is 0 Å². The third kappa shape index (κ3) is 5.10. The van der Waals surface area contributed by atoms with E-state index in [0.717, 1.165) is 5.56 Å². The number of carboxylic acids is 1. The number of halogens is 1. The second-order valence-electron chi connectivity index (χ2n) is 5.50. The molecule has 0 fully saturated rings. The molecule has 27 heavy (non-hydrogen) atoms. The quantitative estimate of drug-likeness (QED) is 0.697. The van der Waals surface area contributed by atoms with Crippen molar-refractivity contribution in [2.75, 3.05) is 20.9 Å². The maximum absolute atomic E-state index is 12.7. The summed E-state index contributed by atoms with van der Waals surface area (Å²) in [5.74, 6) is -1.50. The summed E-state index contributed by atoms with van der Waals surface area (Å²) in [6, 6.07) is 10.5. The molecule has 0 radical (unpaired) electrons. The molecular weight excluding hydrogens is 357 g/mol. The highest BCUT2D eigenvalue weighted by molar-refractivity contribution is 5.97. The number of hydrogen-bond donors (Lipinski definition) is 2. The van der Waals surface area contributed by atoms with Gasteiger partial charge in [0, 0.05) is 5.56 Å². The van der Waals surface area contributed by atoms with Crippen molar-refractivity contribution in [2.45, 2.75) is 12.6 Å². The van der Waals surface area contributed by atoms with Gasteiger partial charge in [-0.2, -0.15) is 0 Å². The zero-order valence-electron chi connectivity index (χ0n) is 14.9. The van der Waals surface area contributed by atoms with Crippen LogP contribution in [0.3, 0.4) is 0 Å². The Kier molecular flexibility index (Phi) is 6.99. The molecule has 1 atom stereocenters. The van der Waals surface area contributed by atoms with E-state index in [2.05, 4.69) is 5.32 Å². The first-order valence-electron chi connectivity index (χ1n) is 8.02. The second kappa shape index (κ2) is 9.42. The Hall–Kier alpha value is -3.29. The Balaban J connectivity index is 2.26. The standard InChI is InChI=1S/C19H20FNO6/c1-25-15-8-13(18(22)21-14(10-20)19(23)24)9-16(26-2)17(15)27-11-12-6-4-3-5-7-12/h3-9,14H,10-11H2,1-2H3,(H,21,22)(H,23,24). The number of ether oxygens (including phenoxy) is 3. The monoisotopic (exact) mass is 377 g/mol. The fourth-order valence-corrected chi connectivity index (χ4v) is 2.29. The van der Waals surface area contributed by atoms with Crippen LogP contribution in [0, 0.1) is 0 Å². The molecule has 2 aromatic rings. The number of benzene rings is 2. The first kappa shape index (κ1) is 20.0. The van der Waals surface area contributed by atoms with Crippen LogP contribution in [-0.2, 0) is 11.4 Å². The smallest absolute Gasteiger partial charge is 0.328 e. The number of amides is 1. The average Bonchev–Trinajstić information content (AvgIpc) is 2.69. The molecule has 0 heterocycles. The topological polar surface area (TPSA) is 94.1 Å². The minimum atomic E-state index is -1.64. The highest BCUT2D eigenvalue weighted by Crippen LogP contribution is 2.39. The molecule has 144 valence electrons. The number of rotatable bonds is 9. The van der Waals surface area contributed by atoms with Crippen molar-refractivity contribution in [3.05, 3.63) is 53.6 Å². The Morgan fingerprint density at radius 3 is 2.19 bits per heavy atom. The zero-order chi connectivity index (χ0) is 19.8. The summed E-state index contributed by atoms with van der Waals surface area (Å²) in [7, 11) is 2.79. The average molecular weight is 377 g/mol. The Labute approximate surface area is 155 Å². The van der Waals surface area contributed by atoms with Gasteiger partial charge < -0.3 is 24.6 Å². The number of methoxy groups -OCH3 is 2. The first-order valence-corrected chi connectivity index (χ1v) is 8.02. The van der Waals surface area contributed by atoms with Crippen LogP contribution >= 0.6 is 0 Å². The SMILES string of the molecule is COc1cc(C(=O)NC(CF)C(=O)O)cc(OC)c1OCc1ccccc1. The van der Waals surface area contributed by atoms with Crippen LogP contribution in [0.1, 0.15) is 15.9 Å². The number of carbonyl (C=O) groups is 2. The fraction of sp³-hybridized carbons (Fsp3) is 0.263. The van der Waals surface area contributed by atoms with E-state index >= 15 is 0 Å². The van der Waals surface area contributed by atoms with Gasteiger partial charge in [0.25, 0.3) is 5.91 Å².